The van der Waals surface area contributed by atoms with Gasteiger partial charge in [-0.25, -0.2) is 8.78 Å². The van der Waals surface area contributed by atoms with Gasteiger partial charge >= 0.3 is 0 Å². The lowest BCUT2D eigenvalue weighted by molar-refractivity contribution is -0.0134. The van der Waals surface area contributed by atoms with Crippen molar-refractivity contribution in [1.29, 1.82) is 0 Å². The summed E-state index contributed by atoms with van der Waals surface area (Å²) in [6, 6.07) is 1.52. The van der Waals surface area contributed by atoms with Gasteiger partial charge in [0, 0.05) is 11.4 Å². The number of aryl methyl sites for hydroxylation is 1. The van der Waals surface area contributed by atoms with Crippen molar-refractivity contribution in [1.82, 2.24) is 0 Å². The van der Waals surface area contributed by atoms with Crippen LogP contribution in [0.4, 0.5) is 8.78 Å². The fraction of sp³-hybridized carbons (Fsp3) is 0.500. The van der Waals surface area contributed by atoms with Gasteiger partial charge in [0.2, 0.25) is 0 Å². The van der Waals surface area contributed by atoms with Gasteiger partial charge in [-0.15, -0.1) is 0 Å². The zero-order valence-corrected chi connectivity index (χ0v) is 10.9. The molecule has 0 spiro atoms. The van der Waals surface area contributed by atoms with Crippen LogP contribution in [-0.2, 0) is 5.92 Å². The van der Waals surface area contributed by atoms with Gasteiger partial charge in [0.25, 0.3) is 5.92 Å². The van der Waals surface area contributed by atoms with Crippen molar-refractivity contribution in [3.63, 3.8) is 0 Å². The van der Waals surface area contributed by atoms with E-state index >= 15 is 0 Å². The molecule has 0 bridgehead atoms. The van der Waals surface area contributed by atoms with E-state index in [9.17, 15) is 8.78 Å². The lowest BCUT2D eigenvalue weighted by atomic mass is 9.96. The standard InChI is InChI=1S/C12H16ClF2NO/c1-7-6-9(17-3)10(8(2)11(7)13)12(14,15)4-5-16/h6H,4-5,16H2,1-3H3. The first kappa shape index (κ1) is 14.2. The molecule has 0 aliphatic heterocycles. The third-order valence-corrected chi connectivity index (χ3v) is 3.27. The zero-order valence-electron chi connectivity index (χ0n) is 10.1. The zero-order chi connectivity index (χ0) is 13.2. The Morgan fingerprint density at radius 3 is 2.47 bits per heavy atom. The van der Waals surface area contributed by atoms with E-state index in [0.717, 1.165) is 0 Å². The first-order valence-corrected chi connectivity index (χ1v) is 5.65. The summed E-state index contributed by atoms with van der Waals surface area (Å²) in [5.41, 5.74) is 6.11. The molecule has 0 aromatic heterocycles. The molecule has 1 rings (SSSR count). The SMILES string of the molecule is COc1cc(C)c(Cl)c(C)c1C(F)(F)CCN. The van der Waals surface area contributed by atoms with E-state index in [-0.39, 0.29) is 17.9 Å². The highest BCUT2D eigenvalue weighted by Crippen LogP contribution is 2.43. The van der Waals surface area contributed by atoms with Gasteiger partial charge in [-0.3, -0.25) is 0 Å². The van der Waals surface area contributed by atoms with Crippen molar-refractivity contribution in [2.75, 3.05) is 13.7 Å². The highest BCUT2D eigenvalue weighted by molar-refractivity contribution is 6.32. The van der Waals surface area contributed by atoms with Crippen LogP contribution in [0.25, 0.3) is 0 Å². The van der Waals surface area contributed by atoms with Gasteiger partial charge in [-0.2, -0.15) is 0 Å². The topological polar surface area (TPSA) is 35.2 Å². The van der Waals surface area contributed by atoms with Crippen molar-refractivity contribution in [2.24, 2.45) is 5.73 Å². The van der Waals surface area contributed by atoms with E-state index in [0.29, 0.717) is 16.1 Å². The number of methoxy groups -OCH3 is 1. The molecule has 1 aromatic carbocycles. The number of hydrogen-bond acceptors (Lipinski definition) is 2. The molecule has 96 valence electrons. The highest BCUT2D eigenvalue weighted by atomic mass is 35.5. The van der Waals surface area contributed by atoms with Crippen LogP contribution in [0, 0.1) is 13.8 Å². The molecule has 0 aliphatic rings. The van der Waals surface area contributed by atoms with Gasteiger partial charge < -0.3 is 10.5 Å². The maximum atomic E-state index is 14.0. The maximum absolute atomic E-state index is 14.0. The van der Waals surface area contributed by atoms with Crippen LogP contribution in [-0.4, -0.2) is 13.7 Å². The first-order chi connectivity index (χ1) is 7.85. The summed E-state index contributed by atoms with van der Waals surface area (Å²) in [6.45, 7) is 3.22. The van der Waals surface area contributed by atoms with Crippen LogP contribution >= 0.6 is 11.6 Å². The number of hydrogen-bond donors (Lipinski definition) is 1. The number of halogens is 3. The minimum atomic E-state index is -3.03. The Bertz CT molecular complexity index is 421. The molecule has 0 aliphatic carbocycles. The Kier molecular flexibility index (Phi) is 4.33. The fourth-order valence-corrected chi connectivity index (χ4v) is 1.99. The summed E-state index contributed by atoms with van der Waals surface area (Å²) in [5, 5.41) is 0.345. The average Bonchev–Trinajstić information content (AvgIpc) is 2.24. The van der Waals surface area contributed by atoms with E-state index in [2.05, 4.69) is 0 Å². The summed E-state index contributed by atoms with van der Waals surface area (Å²) < 4.78 is 32.9. The molecule has 17 heavy (non-hydrogen) atoms. The summed E-state index contributed by atoms with van der Waals surface area (Å²) in [7, 11) is 1.37. The number of alkyl halides is 2. The molecule has 2 N–H and O–H groups in total. The lowest BCUT2D eigenvalue weighted by Crippen LogP contribution is -2.21. The molecular formula is C12H16ClF2NO. The Morgan fingerprint density at radius 2 is 2.00 bits per heavy atom. The smallest absolute Gasteiger partial charge is 0.278 e. The predicted octanol–water partition coefficient (Wildman–Crippen LogP) is 3.41. The molecule has 2 nitrogen and oxygen atoms in total. The van der Waals surface area contributed by atoms with Crippen LogP contribution in [0.15, 0.2) is 6.07 Å². The molecule has 0 atom stereocenters. The van der Waals surface area contributed by atoms with Crippen LogP contribution in [0.1, 0.15) is 23.1 Å². The van der Waals surface area contributed by atoms with Crippen LogP contribution in [0.2, 0.25) is 5.02 Å². The fourth-order valence-electron chi connectivity index (χ4n) is 1.84. The summed E-state index contributed by atoms with van der Waals surface area (Å²) in [4.78, 5) is 0. The number of rotatable bonds is 4. The quantitative estimate of drug-likeness (QED) is 0.904. The van der Waals surface area contributed by atoms with E-state index in [4.69, 9.17) is 22.1 Å². The first-order valence-electron chi connectivity index (χ1n) is 5.27. The number of ether oxygens (including phenoxy) is 1. The largest absolute Gasteiger partial charge is 0.496 e. The molecule has 0 saturated carbocycles. The summed E-state index contributed by atoms with van der Waals surface area (Å²) >= 11 is 6.00. The molecule has 0 saturated heterocycles. The van der Waals surface area contributed by atoms with Crippen molar-refractivity contribution in [3.05, 3.63) is 27.8 Å². The second-order valence-corrected chi connectivity index (χ2v) is 4.33. The minimum Gasteiger partial charge on any atom is -0.496 e. The maximum Gasteiger partial charge on any atom is 0.278 e. The van der Waals surface area contributed by atoms with Crippen molar-refractivity contribution < 1.29 is 13.5 Å². The van der Waals surface area contributed by atoms with E-state index in [1.165, 1.54) is 13.2 Å². The normalized spacial score (nSPS) is 11.7. The second-order valence-electron chi connectivity index (χ2n) is 3.95. The van der Waals surface area contributed by atoms with Crippen LogP contribution in [0.5, 0.6) is 5.75 Å². The molecule has 0 amide bonds. The lowest BCUT2D eigenvalue weighted by Gasteiger charge is -2.22. The highest BCUT2D eigenvalue weighted by Gasteiger charge is 2.36. The van der Waals surface area contributed by atoms with Gasteiger partial charge in [-0.1, -0.05) is 11.6 Å². The molecule has 0 heterocycles. The Labute approximate surface area is 105 Å². The third kappa shape index (κ3) is 2.69. The third-order valence-electron chi connectivity index (χ3n) is 2.69. The Balaban J connectivity index is 3.45. The monoisotopic (exact) mass is 263 g/mol. The van der Waals surface area contributed by atoms with Crippen molar-refractivity contribution in [2.45, 2.75) is 26.2 Å². The van der Waals surface area contributed by atoms with Crippen molar-refractivity contribution in [3.8, 4) is 5.75 Å². The molecule has 0 radical (unpaired) electrons. The minimum absolute atomic E-state index is 0.0961. The summed E-state index contributed by atoms with van der Waals surface area (Å²) in [6.07, 6.45) is -0.427. The number of nitrogens with two attached hydrogens (primary N) is 1. The van der Waals surface area contributed by atoms with E-state index in [1.54, 1.807) is 13.8 Å². The van der Waals surface area contributed by atoms with Gasteiger partial charge in [0.15, 0.2) is 0 Å². The Hall–Kier alpha value is -0.870. The average molecular weight is 264 g/mol. The molecule has 0 fully saturated rings. The van der Waals surface area contributed by atoms with E-state index in [1.807, 2.05) is 0 Å². The Morgan fingerprint density at radius 1 is 1.41 bits per heavy atom. The predicted molar refractivity (Wildman–Crippen MR) is 65.0 cm³/mol. The van der Waals surface area contributed by atoms with Crippen molar-refractivity contribution >= 4 is 11.6 Å². The van der Waals surface area contributed by atoms with Gasteiger partial charge in [-0.05, 0) is 37.6 Å². The summed E-state index contributed by atoms with van der Waals surface area (Å²) in [5.74, 6) is -2.87. The van der Waals surface area contributed by atoms with Gasteiger partial charge in [0.05, 0.1) is 12.7 Å². The van der Waals surface area contributed by atoms with Gasteiger partial charge in [0.1, 0.15) is 5.75 Å². The molecule has 1 aromatic rings. The van der Waals surface area contributed by atoms with Crippen LogP contribution < -0.4 is 10.5 Å². The molecular weight excluding hydrogens is 248 g/mol. The molecule has 5 heteroatoms. The van der Waals surface area contributed by atoms with Crippen LogP contribution in [0.3, 0.4) is 0 Å². The molecule has 0 unspecified atom stereocenters. The number of benzene rings is 1. The second kappa shape index (κ2) is 5.19. The van der Waals surface area contributed by atoms with E-state index < -0.39 is 12.3 Å².